The van der Waals surface area contributed by atoms with Gasteiger partial charge < -0.3 is 14.7 Å². The van der Waals surface area contributed by atoms with Crippen LogP contribution in [0, 0.1) is 0 Å². The highest BCUT2D eigenvalue weighted by molar-refractivity contribution is 5.59. The molecule has 2 atom stereocenters. The summed E-state index contributed by atoms with van der Waals surface area (Å²) in [6.07, 6.45) is 0.803. The van der Waals surface area contributed by atoms with Crippen LogP contribution in [0.5, 0.6) is 0 Å². The van der Waals surface area contributed by atoms with Gasteiger partial charge in [0.15, 0.2) is 0 Å². The maximum Gasteiger partial charge on any atom is 0.0948 e. The van der Waals surface area contributed by atoms with Crippen LogP contribution < -0.4 is 4.90 Å². The lowest BCUT2D eigenvalue weighted by Gasteiger charge is -2.27. The van der Waals surface area contributed by atoms with E-state index in [1.165, 1.54) is 11.3 Å². The van der Waals surface area contributed by atoms with Gasteiger partial charge in [0.1, 0.15) is 0 Å². The van der Waals surface area contributed by atoms with E-state index in [1.807, 2.05) is 13.8 Å². The van der Waals surface area contributed by atoms with Crippen molar-refractivity contribution in [1.82, 2.24) is 0 Å². The highest BCUT2D eigenvalue weighted by Gasteiger charge is 2.26. The summed E-state index contributed by atoms with van der Waals surface area (Å²) in [5, 5.41) is 10.0. The number of fused-ring (bicyclic) bond motifs is 1. The average molecular weight is 249 g/mol. The van der Waals surface area contributed by atoms with Crippen molar-refractivity contribution < 1.29 is 9.84 Å². The van der Waals surface area contributed by atoms with E-state index in [0.29, 0.717) is 19.2 Å². The Kier molecular flexibility index (Phi) is 4.25. The monoisotopic (exact) mass is 249 g/mol. The first-order chi connectivity index (χ1) is 8.58. The highest BCUT2D eigenvalue weighted by Crippen LogP contribution is 2.31. The molecule has 0 fully saturated rings. The number of benzene rings is 1. The SMILES string of the molecule is CC(C)OCC(O)CN1c2ccccc2CC1C. The summed E-state index contributed by atoms with van der Waals surface area (Å²) in [4.78, 5) is 2.28. The topological polar surface area (TPSA) is 32.7 Å². The van der Waals surface area contributed by atoms with Crippen molar-refractivity contribution in [3.05, 3.63) is 29.8 Å². The molecule has 0 radical (unpaired) electrons. The number of rotatable bonds is 5. The number of β-amino-alcohol motifs (C(OH)–C–C–N with tert-alkyl or cyclic N) is 1. The van der Waals surface area contributed by atoms with Crippen LogP contribution in [0.3, 0.4) is 0 Å². The molecule has 0 spiro atoms. The second-order valence-corrected chi connectivity index (χ2v) is 5.37. The molecule has 3 heteroatoms. The fraction of sp³-hybridized carbons (Fsp3) is 0.600. The summed E-state index contributed by atoms with van der Waals surface area (Å²) in [5.74, 6) is 0. The number of anilines is 1. The number of aliphatic hydroxyl groups excluding tert-OH is 1. The lowest BCUT2D eigenvalue weighted by molar-refractivity contribution is 0.00856. The molecule has 1 aromatic carbocycles. The first-order valence-corrected chi connectivity index (χ1v) is 6.72. The molecule has 1 heterocycles. The van der Waals surface area contributed by atoms with Crippen molar-refractivity contribution in [2.75, 3.05) is 18.1 Å². The molecule has 18 heavy (non-hydrogen) atoms. The summed E-state index contributed by atoms with van der Waals surface area (Å²) in [5.41, 5.74) is 2.63. The molecule has 2 unspecified atom stereocenters. The highest BCUT2D eigenvalue weighted by atomic mass is 16.5. The Hall–Kier alpha value is -1.06. The van der Waals surface area contributed by atoms with E-state index in [9.17, 15) is 5.11 Å². The van der Waals surface area contributed by atoms with Gasteiger partial charge in [-0.3, -0.25) is 0 Å². The molecule has 0 bridgehead atoms. The second-order valence-electron chi connectivity index (χ2n) is 5.37. The number of hydrogen-bond donors (Lipinski definition) is 1. The Morgan fingerprint density at radius 2 is 2.11 bits per heavy atom. The predicted octanol–water partition coefficient (Wildman–Crippen LogP) is 2.22. The molecule has 1 aromatic rings. The molecule has 0 saturated carbocycles. The molecular formula is C15H23NO2. The lowest BCUT2D eigenvalue weighted by atomic mass is 10.1. The molecule has 0 aromatic heterocycles. The fourth-order valence-electron chi connectivity index (χ4n) is 2.49. The molecule has 0 saturated heterocycles. The number of hydrogen-bond acceptors (Lipinski definition) is 3. The van der Waals surface area contributed by atoms with E-state index in [4.69, 9.17) is 4.74 Å². The molecular weight excluding hydrogens is 226 g/mol. The van der Waals surface area contributed by atoms with Gasteiger partial charge in [0.25, 0.3) is 0 Å². The van der Waals surface area contributed by atoms with Gasteiger partial charge in [-0.15, -0.1) is 0 Å². The third-order valence-electron chi connectivity index (χ3n) is 3.38. The summed E-state index contributed by atoms with van der Waals surface area (Å²) in [6, 6.07) is 8.89. The minimum Gasteiger partial charge on any atom is -0.389 e. The average Bonchev–Trinajstić information content (AvgIpc) is 2.64. The third-order valence-corrected chi connectivity index (χ3v) is 3.38. The van der Waals surface area contributed by atoms with Crippen LogP contribution in [0.2, 0.25) is 0 Å². The van der Waals surface area contributed by atoms with Crippen molar-refractivity contribution in [2.45, 2.75) is 45.4 Å². The van der Waals surface area contributed by atoms with Crippen LogP contribution in [0.25, 0.3) is 0 Å². The molecule has 2 rings (SSSR count). The number of nitrogens with zero attached hydrogens (tertiary/aromatic N) is 1. The number of aliphatic hydroxyl groups is 1. The van der Waals surface area contributed by atoms with Crippen LogP contribution >= 0.6 is 0 Å². The summed E-state index contributed by atoms with van der Waals surface area (Å²) in [7, 11) is 0. The van der Waals surface area contributed by atoms with E-state index in [1.54, 1.807) is 0 Å². The standard InChI is InChI=1S/C15H23NO2/c1-11(2)18-10-14(17)9-16-12(3)8-13-6-4-5-7-15(13)16/h4-7,11-12,14,17H,8-10H2,1-3H3. The van der Waals surface area contributed by atoms with Gasteiger partial charge in [0.2, 0.25) is 0 Å². The molecule has 1 aliphatic heterocycles. The van der Waals surface area contributed by atoms with Crippen molar-refractivity contribution in [2.24, 2.45) is 0 Å². The van der Waals surface area contributed by atoms with E-state index in [-0.39, 0.29) is 6.10 Å². The largest absolute Gasteiger partial charge is 0.389 e. The van der Waals surface area contributed by atoms with E-state index in [2.05, 4.69) is 36.1 Å². The first-order valence-electron chi connectivity index (χ1n) is 6.72. The Balaban J connectivity index is 1.97. The van der Waals surface area contributed by atoms with Gasteiger partial charge in [-0.1, -0.05) is 18.2 Å². The zero-order chi connectivity index (χ0) is 13.1. The van der Waals surface area contributed by atoms with Crippen molar-refractivity contribution in [3.63, 3.8) is 0 Å². The Morgan fingerprint density at radius 1 is 1.39 bits per heavy atom. The number of para-hydroxylation sites is 1. The van der Waals surface area contributed by atoms with Crippen LogP contribution in [-0.4, -0.2) is 36.5 Å². The van der Waals surface area contributed by atoms with E-state index >= 15 is 0 Å². The van der Waals surface area contributed by atoms with Crippen molar-refractivity contribution >= 4 is 5.69 Å². The molecule has 1 aliphatic rings. The van der Waals surface area contributed by atoms with Crippen LogP contribution in [0.1, 0.15) is 26.3 Å². The van der Waals surface area contributed by atoms with Gasteiger partial charge in [-0.2, -0.15) is 0 Å². The Labute approximate surface area is 109 Å². The van der Waals surface area contributed by atoms with Crippen molar-refractivity contribution in [1.29, 1.82) is 0 Å². The number of ether oxygens (including phenoxy) is 1. The van der Waals surface area contributed by atoms with Gasteiger partial charge >= 0.3 is 0 Å². The molecule has 0 amide bonds. The van der Waals surface area contributed by atoms with Crippen molar-refractivity contribution in [3.8, 4) is 0 Å². The second kappa shape index (κ2) is 5.72. The Morgan fingerprint density at radius 3 is 2.83 bits per heavy atom. The summed E-state index contributed by atoms with van der Waals surface area (Å²) >= 11 is 0. The summed E-state index contributed by atoms with van der Waals surface area (Å²) in [6.45, 7) is 7.23. The van der Waals surface area contributed by atoms with Crippen LogP contribution in [-0.2, 0) is 11.2 Å². The van der Waals surface area contributed by atoms with E-state index < -0.39 is 6.10 Å². The maximum atomic E-state index is 10.0. The fourth-order valence-corrected chi connectivity index (χ4v) is 2.49. The lowest BCUT2D eigenvalue weighted by Crippen LogP contribution is -2.38. The molecule has 3 nitrogen and oxygen atoms in total. The van der Waals surface area contributed by atoms with Crippen LogP contribution in [0.4, 0.5) is 5.69 Å². The zero-order valence-corrected chi connectivity index (χ0v) is 11.5. The van der Waals surface area contributed by atoms with Gasteiger partial charge in [-0.25, -0.2) is 0 Å². The van der Waals surface area contributed by atoms with Gasteiger partial charge in [0.05, 0.1) is 18.8 Å². The summed E-state index contributed by atoms with van der Waals surface area (Å²) < 4.78 is 5.46. The third kappa shape index (κ3) is 3.03. The smallest absolute Gasteiger partial charge is 0.0948 e. The molecule has 1 N–H and O–H groups in total. The quantitative estimate of drug-likeness (QED) is 0.868. The zero-order valence-electron chi connectivity index (χ0n) is 11.5. The van der Waals surface area contributed by atoms with E-state index in [0.717, 1.165) is 6.42 Å². The van der Waals surface area contributed by atoms with Gasteiger partial charge in [-0.05, 0) is 38.8 Å². The molecule has 0 aliphatic carbocycles. The molecule has 100 valence electrons. The Bertz CT molecular complexity index is 392. The first kappa shape index (κ1) is 13.4. The predicted molar refractivity (Wildman–Crippen MR) is 74.0 cm³/mol. The minimum atomic E-state index is -0.430. The van der Waals surface area contributed by atoms with Gasteiger partial charge in [0, 0.05) is 18.3 Å². The normalized spacial score (nSPS) is 20.3. The maximum absolute atomic E-state index is 10.0. The van der Waals surface area contributed by atoms with Crippen LogP contribution in [0.15, 0.2) is 24.3 Å². The minimum absolute atomic E-state index is 0.169.